The van der Waals surface area contributed by atoms with Crippen LogP contribution in [0.25, 0.3) is 0 Å². The van der Waals surface area contributed by atoms with Gasteiger partial charge in [0, 0.05) is 29.5 Å². The summed E-state index contributed by atoms with van der Waals surface area (Å²) >= 11 is 6.07. The highest BCUT2D eigenvalue weighted by molar-refractivity contribution is 6.31. The zero-order valence-corrected chi connectivity index (χ0v) is 15.5. The van der Waals surface area contributed by atoms with Gasteiger partial charge < -0.3 is 15.5 Å². The molecule has 1 heterocycles. The van der Waals surface area contributed by atoms with Crippen LogP contribution in [0.2, 0.25) is 5.02 Å². The molecule has 6 heteroatoms. The molecule has 0 radical (unpaired) electrons. The number of carbonyl (C=O) groups excluding carboxylic acids is 2. The zero-order valence-electron chi connectivity index (χ0n) is 14.7. The van der Waals surface area contributed by atoms with Gasteiger partial charge in [0.05, 0.1) is 12.1 Å². The molecule has 0 bridgehead atoms. The van der Waals surface area contributed by atoms with E-state index in [4.69, 9.17) is 11.6 Å². The van der Waals surface area contributed by atoms with Crippen molar-refractivity contribution in [3.63, 3.8) is 0 Å². The summed E-state index contributed by atoms with van der Waals surface area (Å²) in [4.78, 5) is 26.7. The lowest BCUT2D eigenvalue weighted by Gasteiger charge is -2.19. The van der Waals surface area contributed by atoms with E-state index in [9.17, 15) is 9.59 Å². The summed E-state index contributed by atoms with van der Waals surface area (Å²) in [6.45, 7) is 3.38. The second-order valence-electron chi connectivity index (χ2n) is 6.22. The van der Waals surface area contributed by atoms with E-state index in [1.165, 1.54) is 5.56 Å². The van der Waals surface area contributed by atoms with Crippen molar-refractivity contribution in [3.05, 3.63) is 58.6 Å². The van der Waals surface area contributed by atoms with Gasteiger partial charge in [0.1, 0.15) is 0 Å². The van der Waals surface area contributed by atoms with E-state index in [-0.39, 0.29) is 18.4 Å². The molecule has 0 unspecified atom stereocenters. The van der Waals surface area contributed by atoms with Gasteiger partial charge >= 0.3 is 0 Å². The fourth-order valence-electron chi connectivity index (χ4n) is 3.06. The first-order chi connectivity index (χ1) is 12.6. The van der Waals surface area contributed by atoms with Gasteiger partial charge in [-0.1, -0.05) is 36.7 Å². The molecule has 2 N–H and O–H groups in total. The van der Waals surface area contributed by atoms with Gasteiger partial charge in [0.15, 0.2) is 0 Å². The number of halogens is 1. The first-order valence-corrected chi connectivity index (χ1v) is 9.18. The Morgan fingerprint density at radius 2 is 2.00 bits per heavy atom. The Labute approximate surface area is 158 Å². The summed E-state index contributed by atoms with van der Waals surface area (Å²) in [5.74, 6) is -0.208. The monoisotopic (exact) mass is 371 g/mol. The summed E-state index contributed by atoms with van der Waals surface area (Å²) in [6.07, 6.45) is 1.72. The maximum Gasteiger partial charge on any atom is 0.253 e. The predicted molar refractivity (Wildman–Crippen MR) is 105 cm³/mol. The maximum atomic E-state index is 12.6. The molecule has 0 saturated heterocycles. The minimum atomic E-state index is -0.176. The van der Waals surface area contributed by atoms with Crippen LogP contribution in [0.1, 0.15) is 29.3 Å². The molecule has 0 aliphatic carbocycles. The van der Waals surface area contributed by atoms with Gasteiger partial charge in [0.2, 0.25) is 5.91 Å². The number of para-hydroxylation sites is 1. The van der Waals surface area contributed by atoms with Crippen LogP contribution in [0, 0.1) is 0 Å². The van der Waals surface area contributed by atoms with Crippen molar-refractivity contribution in [2.24, 2.45) is 0 Å². The van der Waals surface area contributed by atoms with E-state index >= 15 is 0 Å². The van der Waals surface area contributed by atoms with Crippen LogP contribution >= 0.6 is 11.6 Å². The molecule has 1 aliphatic heterocycles. The Balaban J connectivity index is 1.70. The average Bonchev–Trinajstić information content (AvgIpc) is 3.08. The summed E-state index contributed by atoms with van der Waals surface area (Å²) in [5.41, 5.74) is 3.19. The van der Waals surface area contributed by atoms with Crippen molar-refractivity contribution in [2.45, 2.75) is 19.8 Å². The standard InChI is InChI=1S/C20H22ClN3O2/c1-2-10-22-20(26)16-8-7-15(21)12-17(16)23-13-19(25)24-11-9-14-5-3-4-6-18(14)24/h3-8,12,23H,2,9-11,13H2,1H3,(H,22,26). The number of nitrogens with one attached hydrogen (secondary N) is 2. The second-order valence-corrected chi connectivity index (χ2v) is 6.66. The van der Waals surface area contributed by atoms with E-state index in [0.29, 0.717) is 29.4 Å². The highest BCUT2D eigenvalue weighted by atomic mass is 35.5. The first kappa shape index (κ1) is 18.3. The largest absolute Gasteiger partial charge is 0.375 e. The van der Waals surface area contributed by atoms with Crippen molar-refractivity contribution >= 4 is 34.8 Å². The molecule has 2 aromatic carbocycles. The number of fused-ring (bicyclic) bond motifs is 1. The van der Waals surface area contributed by atoms with E-state index in [1.807, 2.05) is 31.2 Å². The number of hydrogen-bond donors (Lipinski definition) is 2. The lowest BCUT2D eigenvalue weighted by molar-refractivity contribution is -0.116. The van der Waals surface area contributed by atoms with Crippen LogP contribution in [-0.4, -0.2) is 31.4 Å². The van der Waals surface area contributed by atoms with Crippen LogP contribution in [-0.2, 0) is 11.2 Å². The molecule has 0 atom stereocenters. The molecule has 0 aromatic heterocycles. The van der Waals surface area contributed by atoms with Gasteiger partial charge in [-0.15, -0.1) is 0 Å². The third-order valence-electron chi connectivity index (χ3n) is 4.38. The van der Waals surface area contributed by atoms with Gasteiger partial charge in [-0.25, -0.2) is 0 Å². The molecule has 136 valence electrons. The zero-order chi connectivity index (χ0) is 18.5. The molecule has 26 heavy (non-hydrogen) atoms. The molecule has 2 amide bonds. The Hall–Kier alpha value is -2.53. The Bertz CT molecular complexity index is 822. The second kappa shape index (κ2) is 8.23. The highest BCUT2D eigenvalue weighted by Crippen LogP contribution is 2.27. The predicted octanol–water partition coefficient (Wildman–Crippen LogP) is 3.48. The van der Waals surface area contributed by atoms with E-state index in [1.54, 1.807) is 23.1 Å². The summed E-state index contributed by atoms with van der Waals surface area (Å²) < 4.78 is 0. The fourth-order valence-corrected chi connectivity index (χ4v) is 3.23. The van der Waals surface area contributed by atoms with Crippen LogP contribution in [0.15, 0.2) is 42.5 Å². The third kappa shape index (κ3) is 3.99. The number of hydrogen-bond acceptors (Lipinski definition) is 3. The molecule has 2 aromatic rings. The van der Waals surface area contributed by atoms with Crippen molar-refractivity contribution in [1.29, 1.82) is 0 Å². The molecular formula is C20H22ClN3O2. The van der Waals surface area contributed by atoms with Crippen molar-refractivity contribution < 1.29 is 9.59 Å². The van der Waals surface area contributed by atoms with Gasteiger partial charge in [-0.05, 0) is 42.7 Å². The Morgan fingerprint density at radius 1 is 1.19 bits per heavy atom. The Kier molecular flexibility index (Phi) is 5.78. The molecule has 0 fully saturated rings. The topological polar surface area (TPSA) is 61.4 Å². The molecule has 5 nitrogen and oxygen atoms in total. The van der Waals surface area contributed by atoms with E-state index in [0.717, 1.165) is 18.5 Å². The van der Waals surface area contributed by atoms with Gasteiger partial charge in [0.25, 0.3) is 5.91 Å². The average molecular weight is 372 g/mol. The number of carbonyl (C=O) groups is 2. The van der Waals surface area contributed by atoms with Gasteiger partial charge in [-0.2, -0.15) is 0 Å². The first-order valence-electron chi connectivity index (χ1n) is 8.80. The van der Waals surface area contributed by atoms with E-state index in [2.05, 4.69) is 10.6 Å². The normalized spacial score (nSPS) is 12.6. The Morgan fingerprint density at radius 3 is 2.81 bits per heavy atom. The minimum Gasteiger partial charge on any atom is -0.375 e. The van der Waals surface area contributed by atoms with Crippen LogP contribution < -0.4 is 15.5 Å². The molecule has 1 aliphatic rings. The number of amides is 2. The number of rotatable bonds is 6. The summed E-state index contributed by atoms with van der Waals surface area (Å²) in [5, 5.41) is 6.44. The number of benzene rings is 2. The van der Waals surface area contributed by atoms with Crippen LogP contribution in [0.4, 0.5) is 11.4 Å². The van der Waals surface area contributed by atoms with Crippen molar-refractivity contribution in [3.8, 4) is 0 Å². The minimum absolute atomic E-state index is 0.0326. The van der Waals surface area contributed by atoms with Gasteiger partial charge in [-0.3, -0.25) is 9.59 Å². The SMILES string of the molecule is CCCNC(=O)c1ccc(Cl)cc1NCC(=O)N1CCc2ccccc21. The van der Waals surface area contributed by atoms with Crippen LogP contribution in [0.3, 0.4) is 0 Å². The number of nitrogens with zero attached hydrogens (tertiary/aromatic N) is 1. The van der Waals surface area contributed by atoms with E-state index < -0.39 is 0 Å². The highest BCUT2D eigenvalue weighted by Gasteiger charge is 2.24. The summed E-state index contributed by atoms with van der Waals surface area (Å²) in [6, 6.07) is 12.9. The lowest BCUT2D eigenvalue weighted by atomic mass is 10.1. The molecule has 0 spiro atoms. The molecule has 0 saturated carbocycles. The molecule has 3 rings (SSSR count). The van der Waals surface area contributed by atoms with Crippen molar-refractivity contribution in [1.82, 2.24) is 5.32 Å². The van der Waals surface area contributed by atoms with Crippen molar-refractivity contribution in [2.75, 3.05) is 29.9 Å². The number of anilines is 2. The quantitative estimate of drug-likeness (QED) is 0.817. The maximum absolute atomic E-state index is 12.6. The molecular weight excluding hydrogens is 350 g/mol. The third-order valence-corrected chi connectivity index (χ3v) is 4.62. The fraction of sp³-hybridized carbons (Fsp3) is 0.300. The summed E-state index contributed by atoms with van der Waals surface area (Å²) in [7, 11) is 0. The lowest BCUT2D eigenvalue weighted by Crippen LogP contribution is -2.34. The smallest absolute Gasteiger partial charge is 0.253 e. The van der Waals surface area contributed by atoms with Crippen LogP contribution in [0.5, 0.6) is 0 Å².